The standard InChI is InChI=1S/C18H11FN2O2S/c19-13-6-4-12(5-7-13)17-18(21-9-2-1-3-15(21)20-17)24-14-8-10-23-16(22)11-14/h1-11H. The van der Waals surface area contributed by atoms with Crippen molar-refractivity contribution < 1.29 is 8.81 Å². The zero-order valence-corrected chi connectivity index (χ0v) is 13.2. The number of benzene rings is 1. The van der Waals surface area contributed by atoms with Crippen LogP contribution in [0.5, 0.6) is 0 Å². The van der Waals surface area contributed by atoms with Gasteiger partial charge in [-0.2, -0.15) is 0 Å². The van der Waals surface area contributed by atoms with Crippen molar-refractivity contribution in [1.82, 2.24) is 9.38 Å². The van der Waals surface area contributed by atoms with Gasteiger partial charge in [-0.1, -0.05) is 17.8 Å². The summed E-state index contributed by atoms with van der Waals surface area (Å²) in [7, 11) is 0. The van der Waals surface area contributed by atoms with Crippen LogP contribution in [0.2, 0.25) is 0 Å². The first-order valence-electron chi connectivity index (χ1n) is 7.20. The molecule has 6 heteroatoms. The normalized spacial score (nSPS) is 11.0. The van der Waals surface area contributed by atoms with E-state index in [-0.39, 0.29) is 5.82 Å². The van der Waals surface area contributed by atoms with E-state index in [1.807, 2.05) is 28.8 Å². The third-order valence-electron chi connectivity index (χ3n) is 3.49. The average molecular weight is 338 g/mol. The number of hydrogen-bond acceptors (Lipinski definition) is 4. The lowest BCUT2D eigenvalue weighted by Crippen LogP contribution is -1.95. The van der Waals surface area contributed by atoms with Gasteiger partial charge in [-0.25, -0.2) is 14.2 Å². The van der Waals surface area contributed by atoms with Crippen LogP contribution < -0.4 is 5.63 Å². The van der Waals surface area contributed by atoms with E-state index in [1.54, 1.807) is 18.2 Å². The van der Waals surface area contributed by atoms with Gasteiger partial charge in [0.15, 0.2) is 0 Å². The molecule has 0 amide bonds. The number of aromatic nitrogens is 2. The Morgan fingerprint density at radius 2 is 1.92 bits per heavy atom. The molecule has 3 heterocycles. The molecule has 0 aliphatic rings. The summed E-state index contributed by atoms with van der Waals surface area (Å²) >= 11 is 1.41. The summed E-state index contributed by atoms with van der Waals surface area (Å²) < 4.78 is 19.9. The van der Waals surface area contributed by atoms with Crippen LogP contribution in [-0.2, 0) is 0 Å². The number of hydrogen-bond donors (Lipinski definition) is 0. The molecule has 4 rings (SSSR count). The number of halogens is 1. The largest absolute Gasteiger partial charge is 0.431 e. The highest BCUT2D eigenvalue weighted by Gasteiger charge is 2.15. The van der Waals surface area contributed by atoms with E-state index in [9.17, 15) is 9.18 Å². The molecule has 4 aromatic rings. The van der Waals surface area contributed by atoms with Crippen molar-refractivity contribution in [3.05, 3.63) is 83.3 Å². The van der Waals surface area contributed by atoms with Gasteiger partial charge in [0, 0.05) is 22.7 Å². The summed E-state index contributed by atoms with van der Waals surface area (Å²) in [6.45, 7) is 0. The van der Waals surface area contributed by atoms with Crippen LogP contribution in [0.25, 0.3) is 16.9 Å². The number of nitrogens with zero attached hydrogens (tertiary/aromatic N) is 2. The van der Waals surface area contributed by atoms with Gasteiger partial charge in [-0.15, -0.1) is 0 Å². The zero-order chi connectivity index (χ0) is 16.5. The minimum Gasteiger partial charge on any atom is -0.431 e. The molecule has 0 unspecified atom stereocenters. The van der Waals surface area contributed by atoms with Crippen molar-refractivity contribution in [2.24, 2.45) is 0 Å². The van der Waals surface area contributed by atoms with Crippen molar-refractivity contribution in [3.8, 4) is 11.3 Å². The Hall–Kier alpha value is -2.86. The number of imidazole rings is 1. The van der Waals surface area contributed by atoms with Gasteiger partial charge in [0.2, 0.25) is 0 Å². The third kappa shape index (κ3) is 2.72. The molecule has 0 bridgehead atoms. The lowest BCUT2D eigenvalue weighted by atomic mass is 10.2. The lowest BCUT2D eigenvalue weighted by Gasteiger charge is -2.05. The second kappa shape index (κ2) is 5.98. The molecule has 0 aliphatic carbocycles. The van der Waals surface area contributed by atoms with Gasteiger partial charge in [0.05, 0.1) is 6.26 Å². The average Bonchev–Trinajstić information content (AvgIpc) is 2.94. The summed E-state index contributed by atoms with van der Waals surface area (Å²) in [4.78, 5) is 16.8. The van der Waals surface area contributed by atoms with E-state index in [0.29, 0.717) is 0 Å². The third-order valence-corrected chi connectivity index (χ3v) is 4.57. The van der Waals surface area contributed by atoms with Crippen molar-refractivity contribution in [1.29, 1.82) is 0 Å². The highest BCUT2D eigenvalue weighted by atomic mass is 32.2. The summed E-state index contributed by atoms with van der Waals surface area (Å²) in [5.74, 6) is -0.294. The number of rotatable bonds is 3. The molecule has 0 atom stereocenters. The second-order valence-corrected chi connectivity index (χ2v) is 6.15. The smallest absolute Gasteiger partial charge is 0.336 e. The molecular weight excluding hydrogens is 327 g/mol. The molecule has 0 fully saturated rings. The maximum atomic E-state index is 13.2. The SMILES string of the molecule is O=c1cc(Sc2c(-c3ccc(F)cc3)nc3ccccn23)cco1. The highest BCUT2D eigenvalue weighted by molar-refractivity contribution is 7.99. The van der Waals surface area contributed by atoms with Gasteiger partial charge in [0.25, 0.3) is 0 Å². The lowest BCUT2D eigenvalue weighted by molar-refractivity contribution is 0.506. The Kier molecular flexibility index (Phi) is 3.66. The Morgan fingerprint density at radius 1 is 1.08 bits per heavy atom. The minimum atomic E-state index is -0.405. The molecule has 118 valence electrons. The number of fused-ring (bicyclic) bond motifs is 1. The van der Waals surface area contributed by atoms with Crippen LogP contribution in [0.1, 0.15) is 0 Å². The van der Waals surface area contributed by atoms with Gasteiger partial charge < -0.3 is 4.42 Å². The van der Waals surface area contributed by atoms with E-state index < -0.39 is 5.63 Å². The van der Waals surface area contributed by atoms with E-state index in [1.165, 1.54) is 36.2 Å². The van der Waals surface area contributed by atoms with Crippen LogP contribution in [0, 0.1) is 5.82 Å². The van der Waals surface area contributed by atoms with E-state index in [2.05, 4.69) is 4.98 Å². The fourth-order valence-corrected chi connectivity index (χ4v) is 3.42. The molecular formula is C18H11FN2O2S. The number of pyridine rings is 1. The molecule has 0 saturated carbocycles. The maximum absolute atomic E-state index is 13.2. The topological polar surface area (TPSA) is 47.5 Å². The molecule has 4 nitrogen and oxygen atoms in total. The summed E-state index contributed by atoms with van der Waals surface area (Å²) in [6, 6.07) is 15.1. The van der Waals surface area contributed by atoms with Crippen LogP contribution >= 0.6 is 11.8 Å². The van der Waals surface area contributed by atoms with E-state index in [4.69, 9.17) is 4.42 Å². The Bertz CT molecular complexity index is 1070. The molecule has 24 heavy (non-hydrogen) atoms. The first-order valence-corrected chi connectivity index (χ1v) is 8.02. The summed E-state index contributed by atoms with van der Waals surface area (Å²) in [6.07, 6.45) is 3.27. The fourth-order valence-electron chi connectivity index (χ4n) is 2.41. The second-order valence-electron chi connectivity index (χ2n) is 5.09. The summed E-state index contributed by atoms with van der Waals surface area (Å²) in [5.41, 5.74) is 1.92. The summed E-state index contributed by atoms with van der Waals surface area (Å²) in [5, 5.41) is 0.850. The Morgan fingerprint density at radius 3 is 2.71 bits per heavy atom. The van der Waals surface area contributed by atoms with Crippen molar-refractivity contribution >= 4 is 17.4 Å². The molecule has 0 N–H and O–H groups in total. The van der Waals surface area contributed by atoms with E-state index in [0.717, 1.165) is 26.8 Å². The monoisotopic (exact) mass is 338 g/mol. The molecule has 3 aromatic heterocycles. The van der Waals surface area contributed by atoms with Crippen molar-refractivity contribution in [2.45, 2.75) is 9.92 Å². The zero-order valence-electron chi connectivity index (χ0n) is 12.3. The van der Waals surface area contributed by atoms with Gasteiger partial charge >= 0.3 is 5.63 Å². The van der Waals surface area contributed by atoms with Crippen LogP contribution in [0.15, 0.2) is 86.2 Å². The van der Waals surface area contributed by atoms with Gasteiger partial charge in [-0.05, 0) is 42.5 Å². The predicted molar refractivity (Wildman–Crippen MR) is 89.7 cm³/mol. The van der Waals surface area contributed by atoms with Crippen LogP contribution in [0.4, 0.5) is 4.39 Å². The predicted octanol–water partition coefficient (Wildman–Crippen LogP) is 4.24. The van der Waals surface area contributed by atoms with Gasteiger partial charge in [-0.3, -0.25) is 4.40 Å². The minimum absolute atomic E-state index is 0.294. The van der Waals surface area contributed by atoms with E-state index >= 15 is 0 Å². The molecule has 0 spiro atoms. The van der Waals surface area contributed by atoms with Crippen molar-refractivity contribution in [2.75, 3.05) is 0 Å². The van der Waals surface area contributed by atoms with Crippen molar-refractivity contribution in [3.63, 3.8) is 0 Å². The Labute approximate surface area is 140 Å². The molecule has 0 saturated heterocycles. The first-order chi connectivity index (χ1) is 11.7. The van der Waals surface area contributed by atoms with Gasteiger partial charge in [0.1, 0.15) is 22.2 Å². The highest BCUT2D eigenvalue weighted by Crippen LogP contribution is 2.36. The molecule has 0 radical (unpaired) electrons. The maximum Gasteiger partial charge on any atom is 0.336 e. The fraction of sp³-hybridized carbons (Fsp3) is 0. The Balaban J connectivity index is 1.90. The first kappa shape index (κ1) is 14.7. The van der Waals surface area contributed by atoms with Crippen LogP contribution in [-0.4, -0.2) is 9.38 Å². The molecule has 1 aromatic carbocycles. The quantitative estimate of drug-likeness (QED) is 0.560. The molecule has 0 aliphatic heterocycles. The van der Waals surface area contributed by atoms with Crippen LogP contribution in [0.3, 0.4) is 0 Å².